The first-order valence-corrected chi connectivity index (χ1v) is 16.1. The highest BCUT2D eigenvalue weighted by molar-refractivity contribution is 7.25. The molecule has 0 saturated carbocycles. The molecule has 2 atom stereocenters. The van der Waals surface area contributed by atoms with Crippen LogP contribution in [0, 0.1) is 5.92 Å². The van der Waals surface area contributed by atoms with Gasteiger partial charge >= 0.3 is 0 Å². The van der Waals surface area contributed by atoms with E-state index < -0.39 is 0 Å². The average molecular weight is 567 g/mol. The molecule has 5 aromatic carbocycles. The number of allylic oxidation sites excluding steroid dienone is 8. The van der Waals surface area contributed by atoms with Crippen LogP contribution in [0.15, 0.2) is 157 Å². The minimum Gasteiger partial charge on any atom is -0.135 e. The van der Waals surface area contributed by atoms with Crippen LogP contribution in [0.25, 0.3) is 42.1 Å². The van der Waals surface area contributed by atoms with Gasteiger partial charge in [0.1, 0.15) is 0 Å². The van der Waals surface area contributed by atoms with Crippen molar-refractivity contribution in [2.75, 3.05) is 0 Å². The van der Waals surface area contributed by atoms with E-state index >= 15 is 0 Å². The minimum absolute atomic E-state index is 0.307. The van der Waals surface area contributed by atoms with Gasteiger partial charge in [-0.25, -0.2) is 0 Å². The van der Waals surface area contributed by atoms with Crippen molar-refractivity contribution in [2.24, 2.45) is 5.92 Å². The van der Waals surface area contributed by atoms with E-state index in [9.17, 15) is 0 Å². The van der Waals surface area contributed by atoms with Crippen LogP contribution in [0.5, 0.6) is 0 Å². The third-order valence-electron chi connectivity index (χ3n) is 9.62. The van der Waals surface area contributed by atoms with Gasteiger partial charge in [-0.3, -0.25) is 0 Å². The standard InChI is InChI=1S/C42H30S/c1-2-14-29-27(12-1)13-11-22-30(29)31-15-3-4-17-33(31)42-36-20-7-5-18-34(36)41(35-19-6-8-21-37(35)42)28-24-25-40-38(26-28)32-16-9-10-23-39(32)43-40/h1-14,16-18,20-26,31,35H,15,19H2. The molecular weight excluding hydrogens is 537 g/mol. The van der Waals surface area contributed by atoms with E-state index in [1.165, 1.54) is 74.8 Å². The van der Waals surface area contributed by atoms with E-state index in [1.54, 1.807) is 0 Å². The summed E-state index contributed by atoms with van der Waals surface area (Å²) in [5.41, 5.74) is 8.55. The van der Waals surface area contributed by atoms with E-state index in [0.29, 0.717) is 11.8 Å². The molecule has 0 nitrogen and oxygen atoms in total. The summed E-state index contributed by atoms with van der Waals surface area (Å²) in [4.78, 5) is 0. The van der Waals surface area contributed by atoms with E-state index in [4.69, 9.17) is 0 Å². The molecule has 3 aliphatic rings. The zero-order valence-electron chi connectivity index (χ0n) is 23.8. The molecule has 1 heteroatoms. The van der Waals surface area contributed by atoms with Gasteiger partial charge in [0.15, 0.2) is 0 Å². The molecule has 9 rings (SSSR count). The topological polar surface area (TPSA) is 0 Å². The monoisotopic (exact) mass is 566 g/mol. The fraction of sp³-hybridized carbons (Fsp3) is 0.0952. The Kier molecular flexibility index (Phi) is 5.74. The molecule has 0 radical (unpaired) electrons. The second-order valence-electron chi connectivity index (χ2n) is 11.9. The summed E-state index contributed by atoms with van der Waals surface area (Å²) >= 11 is 1.89. The molecule has 1 aromatic heterocycles. The fourth-order valence-corrected chi connectivity index (χ4v) is 8.83. The lowest BCUT2D eigenvalue weighted by Crippen LogP contribution is -2.38. The maximum absolute atomic E-state index is 2.46. The van der Waals surface area contributed by atoms with E-state index in [0.717, 1.165) is 12.8 Å². The fourth-order valence-electron chi connectivity index (χ4n) is 7.75. The summed E-state index contributed by atoms with van der Waals surface area (Å²) in [6.45, 7) is 0. The number of hydrogen-bond acceptors (Lipinski definition) is 1. The third-order valence-corrected chi connectivity index (χ3v) is 10.8. The summed E-state index contributed by atoms with van der Waals surface area (Å²) in [5.74, 6) is 0.624. The summed E-state index contributed by atoms with van der Waals surface area (Å²) in [6, 6.07) is 40.8. The lowest BCUT2D eigenvalue weighted by Gasteiger charge is -2.35. The van der Waals surface area contributed by atoms with Crippen molar-refractivity contribution in [1.82, 2.24) is 0 Å². The first-order chi connectivity index (χ1) is 21.3. The average Bonchev–Trinajstić information content (AvgIpc) is 3.45. The molecule has 0 saturated heterocycles. The molecule has 0 amide bonds. The van der Waals surface area contributed by atoms with Gasteiger partial charge in [-0.2, -0.15) is 0 Å². The predicted molar refractivity (Wildman–Crippen MR) is 185 cm³/mol. The minimum atomic E-state index is 0.307. The number of benzene rings is 5. The molecule has 6 aromatic rings. The molecule has 0 N–H and O–H groups in total. The van der Waals surface area contributed by atoms with Crippen molar-refractivity contribution in [1.29, 1.82) is 0 Å². The van der Waals surface area contributed by atoms with Crippen molar-refractivity contribution in [3.63, 3.8) is 0 Å². The highest BCUT2D eigenvalue weighted by atomic mass is 32.1. The highest BCUT2D eigenvalue weighted by Gasteiger charge is 2.33. The Bertz CT molecular complexity index is 2350. The Hall–Kier alpha value is -4.72. The van der Waals surface area contributed by atoms with Gasteiger partial charge in [-0.15, -0.1) is 11.3 Å². The van der Waals surface area contributed by atoms with Crippen LogP contribution in [0.1, 0.15) is 29.9 Å². The van der Waals surface area contributed by atoms with Gasteiger partial charge in [0.2, 0.25) is 0 Å². The Morgan fingerprint density at radius 1 is 0.535 bits per heavy atom. The third kappa shape index (κ3) is 3.89. The van der Waals surface area contributed by atoms with Crippen LogP contribution in [-0.4, -0.2) is 0 Å². The van der Waals surface area contributed by atoms with Crippen molar-refractivity contribution < 1.29 is 0 Å². The molecule has 0 fully saturated rings. The maximum Gasteiger partial charge on any atom is 0.0355 e. The first kappa shape index (κ1) is 24.8. The lowest BCUT2D eigenvalue weighted by atomic mass is 9.69. The van der Waals surface area contributed by atoms with Gasteiger partial charge in [0.05, 0.1) is 0 Å². The predicted octanol–water partition coefficient (Wildman–Crippen LogP) is 9.74. The molecule has 1 heterocycles. The zero-order chi connectivity index (χ0) is 28.3. The Labute approximate surface area is 255 Å². The molecule has 3 aliphatic carbocycles. The molecule has 204 valence electrons. The Morgan fingerprint density at radius 3 is 2.09 bits per heavy atom. The largest absolute Gasteiger partial charge is 0.135 e. The van der Waals surface area contributed by atoms with E-state index in [-0.39, 0.29) is 0 Å². The van der Waals surface area contributed by atoms with Gasteiger partial charge in [0, 0.05) is 32.0 Å². The first-order valence-electron chi connectivity index (χ1n) is 15.3. The van der Waals surface area contributed by atoms with Crippen molar-refractivity contribution >= 4 is 53.4 Å². The maximum atomic E-state index is 2.46. The van der Waals surface area contributed by atoms with E-state index in [1.807, 2.05) is 11.3 Å². The molecule has 0 aliphatic heterocycles. The lowest BCUT2D eigenvalue weighted by molar-refractivity contribution is 0.778. The highest BCUT2D eigenvalue weighted by Crippen LogP contribution is 2.47. The zero-order valence-corrected chi connectivity index (χ0v) is 24.7. The van der Waals surface area contributed by atoms with Crippen molar-refractivity contribution in [3.05, 3.63) is 178 Å². The number of fused-ring (bicyclic) bond motifs is 6. The number of rotatable bonds is 3. The Balaban J connectivity index is 1.33. The van der Waals surface area contributed by atoms with Crippen molar-refractivity contribution in [3.8, 4) is 0 Å². The molecule has 0 spiro atoms. The van der Waals surface area contributed by atoms with Crippen LogP contribution in [-0.2, 0) is 0 Å². The quantitative estimate of drug-likeness (QED) is 0.200. The normalized spacial score (nSPS) is 19.4. The smallest absolute Gasteiger partial charge is 0.0355 e. The van der Waals surface area contributed by atoms with Crippen LogP contribution in [0.2, 0.25) is 0 Å². The second-order valence-corrected chi connectivity index (χ2v) is 13.0. The van der Waals surface area contributed by atoms with Gasteiger partial charge in [-0.1, -0.05) is 127 Å². The number of thiophene rings is 1. The molecule has 43 heavy (non-hydrogen) atoms. The SMILES string of the molecule is C1=CCC2C(=C1)C(C1=CC=CCC1c1cccc3ccccc13)=c1ccccc1=C2c1ccc2sc3ccccc3c2c1. The Morgan fingerprint density at radius 2 is 1.21 bits per heavy atom. The molecule has 0 bridgehead atoms. The summed E-state index contributed by atoms with van der Waals surface area (Å²) in [7, 11) is 0. The van der Waals surface area contributed by atoms with Crippen LogP contribution >= 0.6 is 11.3 Å². The van der Waals surface area contributed by atoms with Gasteiger partial charge < -0.3 is 0 Å². The molecular formula is C42H30S. The van der Waals surface area contributed by atoms with Crippen LogP contribution in [0.4, 0.5) is 0 Å². The van der Waals surface area contributed by atoms with Gasteiger partial charge in [0.25, 0.3) is 0 Å². The van der Waals surface area contributed by atoms with Crippen molar-refractivity contribution in [2.45, 2.75) is 18.8 Å². The summed E-state index contributed by atoms with van der Waals surface area (Å²) in [6.07, 6.45) is 16.1. The summed E-state index contributed by atoms with van der Waals surface area (Å²) in [5, 5.41) is 8.13. The van der Waals surface area contributed by atoms with Gasteiger partial charge in [-0.05, 0) is 85.7 Å². The van der Waals surface area contributed by atoms with Crippen LogP contribution < -0.4 is 10.4 Å². The van der Waals surface area contributed by atoms with E-state index in [2.05, 4.69) is 146 Å². The van der Waals surface area contributed by atoms with Crippen LogP contribution in [0.3, 0.4) is 0 Å². The summed E-state index contributed by atoms with van der Waals surface area (Å²) < 4.78 is 2.72. The second kappa shape index (κ2) is 9.93. The number of hydrogen-bond donors (Lipinski definition) is 0. The molecule has 2 unspecified atom stereocenters.